The minimum atomic E-state index is -3.73. The molecule has 2 aromatic heterocycles. The summed E-state index contributed by atoms with van der Waals surface area (Å²) in [6.07, 6.45) is 4.21. The highest BCUT2D eigenvalue weighted by Crippen LogP contribution is 2.21. The van der Waals surface area contributed by atoms with Gasteiger partial charge in [-0.3, -0.25) is 0 Å². The fourth-order valence-corrected chi connectivity index (χ4v) is 6.93. The number of nitrogens with one attached hydrogen (secondary N) is 1. The fourth-order valence-electron chi connectivity index (χ4n) is 3.80. The van der Waals surface area contributed by atoms with Gasteiger partial charge in [0.25, 0.3) is 20.0 Å². The van der Waals surface area contributed by atoms with Crippen LogP contribution in [0, 0.1) is 13.8 Å². The Morgan fingerprint density at radius 1 is 0.761 bits per heavy atom. The van der Waals surface area contributed by atoms with Crippen LogP contribution in [0.3, 0.4) is 0 Å². The number of aromatic nitrogens is 4. The van der Waals surface area contributed by atoms with Gasteiger partial charge < -0.3 is 10.8 Å². The number of benzene rings is 2. The molecule has 4 aromatic rings. The van der Waals surface area contributed by atoms with Crippen molar-refractivity contribution in [3.05, 3.63) is 95.6 Å². The van der Waals surface area contributed by atoms with Crippen molar-refractivity contribution in [1.29, 1.82) is 0 Å². The van der Waals surface area contributed by atoms with Crippen LogP contribution in [0.4, 0.5) is 0 Å². The van der Waals surface area contributed by atoms with Crippen LogP contribution < -0.4 is 10.5 Å². The number of rotatable bonds is 10. The molecule has 4 rings (SSSR count). The van der Waals surface area contributed by atoms with Gasteiger partial charge in [-0.05, 0) is 83.9 Å². The third-order valence-corrected chi connectivity index (χ3v) is 11.4. The molecule has 0 bridgehead atoms. The molecule has 254 valence electrons. The van der Waals surface area contributed by atoms with Crippen molar-refractivity contribution >= 4 is 31.0 Å². The van der Waals surface area contributed by atoms with Crippen molar-refractivity contribution in [2.75, 3.05) is 7.11 Å². The number of aryl methyl sites for hydroxylation is 2. The average molecular weight is 695 g/mol. The molecule has 0 saturated heterocycles. The second-order valence-corrected chi connectivity index (χ2v) is 16.9. The molecule has 2 heterocycles. The van der Waals surface area contributed by atoms with Gasteiger partial charge in [0, 0.05) is 25.5 Å². The molecule has 0 fully saturated rings. The van der Waals surface area contributed by atoms with Crippen LogP contribution in [0.15, 0.2) is 82.8 Å². The normalized spacial score (nSPS) is 13.9. The molecule has 0 aliphatic heterocycles. The Labute approximate surface area is 275 Å². The molecule has 46 heavy (non-hydrogen) atoms. The molecule has 3 atom stereocenters. The topological polar surface area (TPSA) is 179 Å². The van der Waals surface area contributed by atoms with Crippen LogP contribution in [-0.2, 0) is 31.0 Å². The minimum Gasteiger partial charge on any atom is -0.400 e. The minimum absolute atomic E-state index is 0.187. The molecule has 0 spiro atoms. The largest absolute Gasteiger partial charge is 0.400 e. The summed E-state index contributed by atoms with van der Waals surface area (Å²) in [5, 5.41) is 15.3. The monoisotopic (exact) mass is 694 g/mol. The highest BCUT2D eigenvalue weighted by Gasteiger charge is 2.26. The first kappa shape index (κ1) is 39.0. The molecule has 0 unspecified atom stereocenters. The Bertz CT molecular complexity index is 1780. The van der Waals surface area contributed by atoms with E-state index in [1.54, 1.807) is 60.7 Å². The maximum atomic E-state index is 12.7. The summed E-state index contributed by atoms with van der Waals surface area (Å²) in [5.41, 5.74) is 8.97. The zero-order valence-corrected chi connectivity index (χ0v) is 30.0. The lowest BCUT2D eigenvalue weighted by Gasteiger charge is -2.22. The third-order valence-electron chi connectivity index (χ3n) is 6.69. The van der Waals surface area contributed by atoms with Gasteiger partial charge in [-0.2, -0.15) is 35.2 Å². The quantitative estimate of drug-likeness (QED) is 0.217. The number of aliphatic hydroxyl groups is 1. The van der Waals surface area contributed by atoms with Gasteiger partial charge in [0.2, 0.25) is 0 Å². The molecule has 0 saturated carbocycles. The van der Waals surface area contributed by atoms with Crippen molar-refractivity contribution in [3.63, 3.8) is 0 Å². The van der Waals surface area contributed by atoms with Gasteiger partial charge >= 0.3 is 0 Å². The zero-order chi connectivity index (χ0) is 34.9. The van der Waals surface area contributed by atoms with E-state index in [2.05, 4.69) is 14.9 Å². The highest BCUT2D eigenvalue weighted by molar-refractivity contribution is 7.90. The standard InChI is InChI=1S/C17H25N3O3S2.C13H17N3O2S.CH4O/c1-6-15(19-24(21)17(3,4)5)16-11-12-20(18-16)25(22,23)14-9-7-13(2)8-10-14;1-3-12(14)13-8-9-16(15-13)19(17,18)11-6-4-10(2)5-7-11;1-2/h7-12,15,19H,6H2,1-5H3;4-9,12H,3,14H2,1-2H3;2H,1H3/t15-,24-;12-;/m00./s1. The van der Waals surface area contributed by atoms with Crippen molar-refractivity contribution in [2.24, 2.45) is 5.73 Å². The summed E-state index contributed by atoms with van der Waals surface area (Å²) in [4.78, 5) is 0.407. The number of aliphatic hydroxyl groups excluding tert-OH is 1. The predicted molar refractivity (Wildman–Crippen MR) is 181 cm³/mol. The van der Waals surface area contributed by atoms with Gasteiger partial charge in [-0.25, -0.2) is 8.93 Å². The first-order valence-corrected chi connectivity index (χ1v) is 18.7. The lowest BCUT2D eigenvalue weighted by Crippen LogP contribution is -2.35. The molecule has 4 N–H and O–H groups in total. The summed E-state index contributed by atoms with van der Waals surface area (Å²) >= 11 is 0. The van der Waals surface area contributed by atoms with E-state index < -0.39 is 35.8 Å². The Morgan fingerprint density at radius 2 is 1.15 bits per heavy atom. The van der Waals surface area contributed by atoms with Gasteiger partial charge in [0.05, 0.1) is 43.0 Å². The molecular formula is C31H46N6O6S3. The zero-order valence-electron chi connectivity index (χ0n) is 27.6. The van der Waals surface area contributed by atoms with Crippen LogP contribution in [0.1, 0.15) is 82.1 Å². The molecule has 0 amide bonds. The third kappa shape index (κ3) is 9.89. The van der Waals surface area contributed by atoms with Gasteiger partial charge in [0.1, 0.15) is 0 Å². The smallest absolute Gasteiger partial charge is 0.282 e. The summed E-state index contributed by atoms with van der Waals surface area (Å²) < 4.78 is 66.9. The predicted octanol–water partition coefficient (Wildman–Crippen LogP) is 4.38. The van der Waals surface area contributed by atoms with Crippen molar-refractivity contribution in [2.45, 2.75) is 87.9 Å². The Kier molecular flexibility index (Phi) is 14.0. The van der Waals surface area contributed by atoms with E-state index in [9.17, 15) is 21.0 Å². The number of hydrogen-bond donors (Lipinski definition) is 3. The number of nitrogens with two attached hydrogens (primary N) is 1. The molecule has 12 nitrogen and oxygen atoms in total. The van der Waals surface area contributed by atoms with E-state index in [-0.39, 0.29) is 21.9 Å². The molecule has 2 aromatic carbocycles. The molecule has 15 heteroatoms. The highest BCUT2D eigenvalue weighted by atomic mass is 32.2. The van der Waals surface area contributed by atoms with Crippen LogP contribution in [-0.4, -0.2) is 56.4 Å². The van der Waals surface area contributed by atoms with Crippen LogP contribution in [0.5, 0.6) is 0 Å². The van der Waals surface area contributed by atoms with E-state index in [1.807, 2.05) is 48.5 Å². The van der Waals surface area contributed by atoms with E-state index in [4.69, 9.17) is 10.8 Å². The maximum absolute atomic E-state index is 12.7. The summed E-state index contributed by atoms with van der Waals surface area (Å²) in [5.74, 6) is 0. The summed E-state index contributed by atoms with van der Waals surface area (Å²) in [6, 6.07) is 16.1. The first-order valence-electron chi connectivity index (χ1n) is 14.6. The van der Waals surface area contributed by atoms with Crippen molar-refractivity contribution in [3.8, 4) is 0 Å². The second kappa shape index (κ2) is 16.6. The van der Waals surface area contributed by atoms with E-state index in [0.29, 0.717) is 24.2 Å². The summed E-state index contributed by atoms with van der Waals surface area (Å²) in [7, 11) is -7.63. The molecule has 0 radical (unpaired) electrons. The van der Waals surface area contributed by atoms with Crippen LogP contribution in [0.2, 0.25) is 0 Å². The maximum Gasteiger partial charge on any atom is 0.282 e. The van der Waals surface area contributed by atoms with Crippen molar-refractivity contribution in [1.82, 2.24) is 23.1 Å². The first-order chi connectivity index (χ1) is 21.5. The fraction of sp³-hybridized carbons (Fsp3) is 0.419. The molecule has 0 aliphatic carbocycles. The Morgan fingerprint density at radius 3 is 1.52 bits per heavy atom. The van der Waals surface area contributed by atoms with Crippen LogP contribution >= 0.6 is 0 Å². The van der Waals surface area contributed by atoms with E-state index in [0.717, 1.165) is 26.4 Å². The van der Waals surface area contributed by atoms with Gasteiger partial charge in [-0.15, -0.1) is 0 Å². The van der Waals surface area contributed by atoms with Crippen molar-refractivity contribution < 1.29 is 26.2 Å². The molecular weight excluding hydrogens is 649 g/mol. The lowest BCUT2D eigenvalue weighted by atomic mass is 10.2. The second-order valence-electron chi connectivity index (χ2n) is 11.3. The average Bonchev–Trinajstić information content (AvgIpc) is 3.73. The van der Waals surface area contributed by atoms with E-state index >= 15 is 0 Å². The van der Waals surface area contributed by atoms with E-state index in [1.165, 1.54) is 12.4 Å². The summed E-state index contributed by atoms with van der Waals surface area (Å²) in [6.45, 7) is 13.3. The Hall–Kier alpha value is -3.21. The van der Waals surface area contributed by atoms with Gasteiger partial charge in [0.15, 0.2) is 0 Å². The SMILES string of the molecule is CC[C@H](N)c1ccn(S(=O)(=O)c2ccc(C)cc2)n1.CC[C@H](N[S@@](=O)C(C)(C)C)c1ccn(S(=O)(=O)c2ccc(C)cc2)n1.CO. The number of nitrogens with zero attached hydrogens (tertiary/aromatic N) is 4. The Balaban J connectivity index is 0.000000314. The van der Waals surface area contributed by atoms with Crippen LogP contribution in [0.25, 0.3) is 0 Å². The molecule has 0 aliphatic rings. The lowest BCUT2D eigenvalue weighted by molar-refractivity contribution is 0.399. The number of hydrogen-bond acceptors (Lipinski definition) is 9. The van der Waals surface area contributed by atoms with Gasteiger partial charge in [-0.1, -0.05) is 49.2 Å².